The Labute approximate surface area is 109 Å². The van der Waals surface area contributed by atoms with E-state index in [1.54, 1.807) is 6.20 Å². The third-order valence-corrected chi connectivity index (χ3v) is 3.80. The lowest BCUT2D eigenvalue weighted by Gasteiger charge is -2.19. The van der Waals surface area contributed by atoms with Crippen LogP contribution >= 0.6 is 11.8 Å². The number of nitrogens with two attached hydrogens (primary N) is 1. The Bertz CT molecular complexity index is 317. The lowest BCUT2D eigenvalue weighted by molar-refractivity contribution is 0.577. The average Bonchev–Trinajstić information content (AvgIpc) is 2.35. The van der Waals surface area contributed by atoms with Gasteiger partial charge in [0, 0.05) is 35.4 Å². The summed E-state index contributed by atoms with van der Waals surface area (Å²) < 4.78 is 0. The Morgan fingerprint density at radius 1 is 1.41 bits per heavy atom. The predicted octanol–water partition coefficient (Wildman–Crippen LogP) is 2.85. The van der Waals surface area contributed by atoms with E-state index >= 15 is 0 Å². The van der Waals surface area contributed by atoms with Gasteiger partial charge in [0.1, 0.15) is 0 Å². The molecule has 0 aromatic carbocycles. The van der Waals surface area contributed by atoms with Crippen LogP contribution in [-0.2, 0) is 0 Å². The maximum absolute atomic E-state index is 6.01. The van der Waals surface area contributed by atoms with Gasteiger partial charge in [0.15, 0.2) is 0 Å². The maximum atomic E-state index is 6.01. The van der Waals surface area contributed by atoms with Crippen LogP contribution in [0.25, 0.3) is 0 Å². The number of anilines is 1. The van der Waals surface area contributed by atoms with E-state index in [2.05, 4.69) is 24.1 Å². The minimum Gasteiger partial charge on any atom is -0.398 e. The van der Waals surface area contributed by atoms with Gasteiger partial charge >= 0.3 is 0 Å². The van der Waals surface area contributed by atoms with E-state index in [1.165, 1.54) is 12.2 Å². The number of pyridine rings is 1. The van der Waals surface area contributed by atoms with Crippen molar-refractivity contribution in [2.75, 3.05) is 23.8 Å². The summed E-state index contributed by atoms with van der Waals surface area (Å²) in [5, 5.41) is 3.54. The summed E-state index contributed by atoms with van der Waals surface area (Å²) in [4.78, 5) is 4.17. The largest absolute Gasteiger partial charge is 0.398 e. The van der Waals surface area contributed by atoms with Crippen molar-refractivity contribution in [1.29, 1.82) is 0 Å². The van der Waals surface area contributed by atoms with Gasteiger partial charge in [-0.15, -0.1) is 0 Å². The first-order valence-electron chi connectivity index (χ1n) is 6.30. The number of thioether (sulfide) groups is 1. The molecule has 96 valence electrons. The van der Waals surface area contributed by atoms with Crippen molar-refractivity contribution in [3.8, 4) is 0 Å². The molecule has 0 spiro atoms. The summed E-state index contributed by atoms with van der Waals surface area (Å²) in [7, 11) is 0. The third kappa shape index (κ3) is 4.96. The molecule has 1 rings (SSSR count). The number of nitrogens with zero attached hydrogens (tertiary/aromatic N) is 1. The van der Waals surface area contributed by atoms with Crippen LogP contribution in [0.1, 0.15) is 38.3 Å². The molecule has 4 heteroatoms. The van der Waals surface area contributed by atoms with Crippen LogP contribution < -0.4 is 11.1 Å². The van der Waals surface area contributed by atoms with Gasteiger partial charge in [-0.2, -0.15) is 11.8 Å². The Morgan fingerprint density at radius 3 is 2.88 bits per heavy atom. The van der Waals surface area contributed by atoms with Crippen LogP contribution in [0.3, 0.4) is 0 Å². The van der Waals surface area contributed by atoms with E-state index in [0.717, 1.165) is 30.0 Å². The van der Waals surface area contributed by atoms with Gasteiger partial charge in [-0.1, -0.05) is 13.8 Å². The fourth-order valence-electron chi connectivity index (χ4n) is 1.63. The molecule has 1 atom stereocenters. The van der Waals surface area contributed by atoms with Crippen LogP contribution in [0.5, 0.6) is 0 Å². The van der Waals surface area contributed by atoms with Crippen LogP contribution in [0.4, 0.5) is 5.69 Å². The molecule has 1 aromatic rings. The second-order valence-electron chi connectivity index (χ2n) is 4.09. The van der Waals surface area contributed by atoms with Crippen molar-refractivity contribution in [1.82, 2.24) is 10.3 Å². The highest BCUT2D eigenvalue weighted by atomic mass is 32.2. The van der Waals surface area contributed by atoms with Crippen molar-refractivity contribution < 1.29 is 0 Å². The molecule has 0 aliphatic rings. The molecule has 0 bridgehead atoms. The lowest BCUT2D eigenvalue weighted by Crippen LogP contribution is -2.25. The zero-order valence-corrected chi connectivity index (χ0v) is 11.6. The third-order valence-electron chi connectivity index (χ3n) is 2.54. The normalized spacial score (nSPS) is 12.6. The SMILES string of the molecule is CCCNC(CSCCC)c1cnccc1N. The van der Waals surface area contributed by atoms with E-state index in [0.29, 0.717) is 6.04 Å². The summed E-state index contributed by atoms with van der Waals surface area (Å²) in [6.07, 6.45) is 5.98. The average molecular weight is 253 g/mol. The Hall–Kier alpha value is -0.740. The maximum Gasteiger partial charge on any atom is 0.0447 e. The minimum atomic E-state index is 0.320. The van der Waals surface area contributed by atoms with Crippen LogP contribution in [0.2, 0.25) is 0 Å². The number of nitrogen functional groups attached to an aromatic ring is 1. The van der Waals surface area contributed by atoms with Gasteiger partial charge in [0.05, 0.1) is 0 Å². The monoisotopic (exact) mass is 253 g/mol. The van der Waals surface area contributed by atoms with Gasteiger partial charge in [-0.3, -0.25) is 4.98 Å². The smallest absolute Gasteiger partial charge is 0.0447 e. The summed E-state index contributed by atoms with van der Waals surface area (Å²) in [5.74, 6) is 2.26. The van der Waals surface area contributed by atoms with E-state index in [4.69, 9.17) is 5.73 Å². The van der Waals surface area contributed by atoms with Gasteiger partial charge in [-0.05, 0) is 31.2 Å². The van der Waals surface area contributed by atoms with Gasteiger partial charge in [0.25, 0.3) is 0 Å². The second kappa shape index (κ2) is 8.37. The second-order valence-corrected chi connectivity index (χ2v) is 5.24. The molecule has 0 saturated heterocycles. The van der Waals surface area contributed by atoms with Crippen LogP contribution in [0, 0.1) is 0 Å². The molecule has 0 saturated carbocycles. The van der Waals surface area contributed by atoms with Crippen molar-refractivity contribution in [2.45, 2.75) is 32.7 Å². The summed E-state index contributed by atoms with van der Waals surface area (Å²) in [6, 6.07) is 2.20. The molecule has 0 fully saturated rings. The first-order valence-corrected chi connectivity index (χ1v) is 7.45. The quantitative estimate of drug-likeness (QED) is 0.700. The summed E-state index contributed by atoms with van der Waals surface area (Å²) in [6.45, 7) is 5.40. The molecule has 0 amide bonds. The number of nitrogens with one attached hydrogen (secondary N) is 1. The van der Waals surface area contributed by atoms with Gasteiger partial charge < -0.3 is 11.1 Å². The predicted molar refractivity (Wildman–Crippen MR) is 77.3 cm³/mol. The molecule has 3 nitrogen and oxygen atoms in total. The molecule has 1 heterocycles. The first kappa shape index (κ1) is 14.3. The molecule has 0 radical (unpaired) electrons. The number of rotatable bonds is 8. The van der Waals surface area contributed by atoms with Crippen LogP contribution in [-0.4, -0.2) is 23.0 Å². The van der Waals surface area contributed by atoms with E-state index in [1.807, 2.05) is 24.0 Å². The molecule has 0 aliphatic heterocycles. The topological polar surface area (TPSA) is 50.9 Å². The molecule has 3 N–H and O–H groups in total. The van der Waals surface area contributed by atoms with Crippen molar-refractivity contribution in [3.05, 3.63) is 24.0 Å². The minimum absolute atomic E-state index is 0.320. The number of hydrogen-bond acceptors (Lipinski definition) is 4. The van der Waals surface area contributed by atoms with Crippen molar-refractivity contribution in [2.24, 2.45) is 0 Å². The fraction of sp³-hybridized carbons (Fsp3) is 0.615. The Morgan fingerprint density at radius 2 is 2.24 bits per heavy atom. The van der Waals surface area contributed by atoms with E-state index in [9.17, 15) is 0 Å². The summed E-state index contributed by atoms with van der Waals surface area (Å²) in [5.41, 5.74) is 7.98. The summed E-state index contributed by atoms with van der Waals surface area (Å²) >= 11 is 1.97. The lowest BCUT2D eigenvalue weighted by atomic mass is 10.1. The van der Waals surface area contributed by atoms with Crippen molar-refractivity contribution in [3.63, 3.8) is 0 Å². The van der Waals surface area contributed by atoms with Gasteiger partial charge in [-0.25, -0.2) is 0 Å². The van der Waals surface area contributed by atoms with E-state index in [-0.39, 0.29) is 0 Å². The zero-order valence-electron chi connectivity index (χ0n) is 10.8. The van der Waals surface area contributed by atoms with Gasteiger partial charge in [0.2, 0.25) is 0 Å². The molecule has 0 aliphatic carbocycles. The Kier molecular flexibility index (Phi) is 7.05. The highest BCUT2D eigenvalue weighted by molar-refractivity contribution is 7.99. The molecular weight excluding hydrogens is 230 g/mol. The number of aromatic nitrogens is 1. The molecule has 17 heavy (non-hydrogen) atoms. The van der Waals surface area contributed by atoms with E-state index < -0.39 is 0 Å². The van der Waals surface area contributed by atoms with Crippen molar-refractivity contribution >= 4 is 17.4 Å². The fourth-order valence-corrected chi connectivity index (χ4v) is 2.62. The highest BCUT2D eigenvalue weighted by Gasteiger charge is 2.13. The molecule has 1 aromatic heterocycles. The standard InChI is InChI=1S/C13H23N3S/c1-3-6-16-13(10-17-8-4-2)11-9-15-7-5-12(11)14/h5,7,9,13,16H,3-4,6,8,10H2,1-2H3,(H2,14,15). The number of hydrogen-bond donors (Lipinski definition) is 2. The van der Waals surface area contributed by atoms with Crippen LogP contribution in [0.15, 0.2) is 18.5 Å². The highest BCUT2D eigenvalue weighted by Crippen LogP contribution is 2.23. The zero-order chi connectivity index (χ0) is 12.5. The molecular formula is C13H23N3S. The Balaban J connectivity index is 2.64. The first-order chi connectivity index (χ1) is 8.29. The molecule has 1 unspecified atom stereocenters.